The van der Waals surface area contributed by atoms with Crippen LogP contribution in [0, 0.1) is 6.92 Å². The molecule has 0 unspecified atom stereocenters. The molecule has 0 aliphatic carbocycles. The topological polar surface area (TPSA) is 56.0 Å². The van der Waals surface area contributed by atoms with E-state index in [0.29, 0.717) is 20.7 Å². The number of allylic oxidation sites excluding steroid dienone is 1. The Morgan fingerprint density at radius 2 is 2.31 bits per heavy atom. The zero-order chi connectivity index (χ0) is 12.1. The minimum absolute atomic E-state index is 0.275. The van der Waals surface area contributed by atoms with Crippen molar-refractivity contribution >= 4 is 29.0 Å². The van der Waals surface area contributed by atoms with Gasteiger partial charge in [-0.3, -0.25) is 4.79 Å². The van der Waals surface area contributed by atoms with E-state index in [9.17, 15) is 13.6 Å². The summed E-state index contributed by atoms with van der Waals surface area (Å²) in [6, 6.07) is 0. The van der Waals surface area contributed by atoms with Gasteiger partial charge in [-0.25, -0.2) is 4.98 Å². The molecule has 2 N–H and O–H groups in total. The Morgan fingerprint density at radius 1 is 1.62 bits per heavy atom. The lowest BCUT2D eigenvalue weighted by Gasteiger charge is -1.91. The molecule has 0 aromatic carbocycles. The van der Waals surface area contributed by atoms with Gasteiger partial charge in [-0.2, -0.15) is 8.78 Å². The molecule has 3 nitrogen and oxygen atoms in total. The van der Waals surface area contributed by atoms with E-state index in [2.05, 4.69) is 4.98 Å². The van der Waals surface area contributed by atoms with Gasteiger partial charge >= 0.3 is 0 Å². The highest BCUT2D eigenvalue weighted by atomic mass is 32.2. The van der Waals surface area contributed by atoms with Crippen LogP contribution in [0.1, 0.15) is 21.8 Å². The van der Waals surface area contributed by atoms with Crippen molar-refractivity contribution in [3.05, 3.63) is 22.7 Å². The largest absolute Gasteiger partial charge is 0.365 e. The molecule has 7 heteroatoms. The van der Waals surface area contributed by atoms with Crippen LogP contribution in [-0.2, 0) is 0 Å². The van der Waals surface area contributed by atoms with Crippen molar-refractivity contribution in [1.82, 2.24) is 4.98 Å². The van der Waals surface area contributed by atoms with Crippen molar-refractivity contribution < 1.29 is 13.6 Å². The molecule has 88 valence electrons. The lowest BCUT2D eigenvalue weighted by atomic mass is 10.4. The van der Waals surface area contributed by atoms with E-state index < -0.39 is 12.0 Å². The number of aryl methyl sites for hydroxylation is 1. The summed E-state index contributed by atoms with van der Waals surface area (Å²) < 4.78 is 24.1. The first kappa shape index (κ1) is 13.1. The lowest BCUT2D eigenvalue weighted by molar-refractivity contribution is 0.100. The number of hydrogen-bond acceptors (Lipinski definition) is 4. The van der Waals surface area contributed by atoms with Gasteiger partial charge in [-0.05, 0) is 19.4 Å². The maximum atomic E-state index is 11.7. The second kappa shape index (κ2) is 5.95. The average Bonchev–Trinajstić information content (AvgIpc) is 2.54. The Hall–Kier alpha value is -0.950. The number of carbonyl (C=O) groups excluding carboxylic acids is 1. The highest BCUT2D eigenvalue weighted by molar-refractivity contribution is 8.01. The number of amides is 1. The van der Waals surface area contributed by atoms with E-state index in [-0.39, 0.29) is 6.42 Å². The van der Waals surface area contributed by atoms with E-state index in [1.807, 2.05) is 0 Å². The lowest BCUT2D eigenvalue weighted by Crippen LogP contribution is -2.09. The molecule has 1 aromatic rings. The van der Waals surface area contributed by atoms with Crippen molar-refractivity contribution in [3.8, 4) is 0 Å². The van der Waals surface area contributed by atoms with Gasteiger partial charge in [0.1, 0.15) is 4.88 Å². The molecule has 0 spiro atoms. The first-order valence-corrected chi connectivity index (χ1v) is 6.22. The number of halogens is 2. The Labute approximate surface area is 99.7 Å². The monoisotopic (exact) mass is 264 g/mol. The molecule has 0 bridgehead atoms. The second-order valence-corrected chi connectivity index (χ2v) is 5.23. The van der Waals surface area contributed by atoms with Crippen molar-refractivity contribution in [1.29, 1.82) is 0 Å². The minimum atomic E-state index is -1.67. The third kappa shape index (κ3) is 3.90. The third-order valence-corrected chi connectivity index (χ3v) is 3.99. The number of hydrogen-bond donors (Lipinski definition) is 1. The van der Waals surface area contributed by atoms with Crippen LogP contribution in [0.3, 0.4) is 0 Å². The number of thiazole rings is 1. The molecule has 0 saturated heterocycles. The molecule has 1 amide bonds. The number of nitrogens with two attached hydrogens (primary N) is 1. The molecule has 1 rings (SSSR count). The van der Waals surface area contributed by atoms with E-state index in [1.165, 1.54) is 23.1 Å². The number of aromatic nitrogens is 1. The first-order chi connectivity index (χ1) is 7.50. The Kier molecular flexibility index (Phi) is 4.88. The van der Waals surface area contributed by atoms with Gasteiger partial charge in [0.2, 0.25) is 0 Å². The van der Waals surface area contributed by atoms with Crippen LogP contribution >= 0.6 is 23.1 Å². The van der Waals surface area contributed by atoms with Crippen LogP contribution in [0.4, 0.5) is 8.78 Å². The fraction of sp³-hybridized carbons (Fsp3) is 0.333. The fourth-order valence-electron chi connectivity index (χ4n) is 0.976. The summed E-state index contributed by atoms with van der Waals surface area (Å²) in [4.78, 5) is 15.5. The summed E-state index contributed by atoms with van der Waals surface area (Å²) in [5.41, 5.74) is 5.73. The highest BCUT2D eigenvalue weighted by Crippen LogP contribution is 2.27. The molecule has 1 heterocycles. The van der Waals surface area contributed by atoms with Crippen LogP contribution in [0.25, 0.3) is 0 Å². The summed E-state index contributed by atoms with van der Waals surface area (Å²) in [5.74, 6) is -0.000720. The number of nitrogens with zero attached hydrogens (tertiary/aromatic N) is 1. The quantitative estimate of drug-likeness (QED) is 0.657. The summed E-state index contributed by atoms with van der Waals surface area (Å²) in [6.45, 7) is 1.70. The zero-order valence-electron chi connectivity index (χ0n) is 8.50. The summed E-state index contributed by atoms with van der Waals surface area (Å²) in [7, 11) is 0. The molecule has 0 radical (unpaired) electrons. The van der Waals surface area contributed by atoms with Gasteiger partial charge in [0.15, 0.2) is 4.34 Å². The second-order valence-electron chi connectivity index (χ2n) is 2.89. The summed E-state index contributed by atoms with van der Waals surface area (Å²) in [6.07, 6.45) is -0.534. The van der Waals surface area contributed by atoms with E-state index in [0.717, 1.165) is 6.08 Å². The maximum absolute atomic E-state index is 11.7. The molecule has 16 heavy (non-hydrogen) atoms. The Morgan fingerprint density at radius 3 is 2.81 bits per heavy atom. The molecular formula is C9H10F2N2OS2. The number of carbonyl (C=O) groups is 1. The maximum Gasteiger partial charge on any atom is 0.266 e. The Balaban J connectivity index is 2.52. The third-order valence-electron chi connectivity index (χ3n) is 1.64. The highest BCUT2D eigenvalue weighted by Gasteiger charge is 2.11. The van der Waals surface area contributed by atoms with Gasteiger partial charge in [-0.15, -0.1) is 11.3 Å². The van der Waals surface area contributed by atoms with Crippen molar-refractivity contribution in [3.63, 3.8) is 0 Å². The van der Waals surface area contributed by atoms with Crippen LogP contribution in [0.2, 0.25) is 0 Å². The van der Waals surface area contributed by atoms with Gasteiger partial charge < -0.3 is 5.73 Å². The molecule has 0 aliphatic rings. The predicted molar refractivity (Wildman–Crippen MR) is 61.0 cm³/mol. The van der Waals surface area contributed by atoms with Crippen LogP contribution < -0.4 is 5.73 Å². The number of thioether (sulfide) groups is 1. The van der Waals surface area contributed by atoms with Crippen LogP contribution in [0.5, 0.6) is 0 Å². The summed E-state index contributed by atoms with van der Waals surface area (Å²) >= 11 is 2.53. The molecule has 0 aliphatic heterocycles. The van der Waals surface area contributed by atoms with E-state index in [4.69, 9.17) is 5.73 Å². The van der Waals surface area contributed by atoms with Crippen molar-refractivity contribution in [2.24, 2.45) is 5.73 Å². The predicted octanol–water partition coefficient (Wildman–Crippen LogP) is 2.81. The van der Waals surface area contributed by atoms with Gasteiger partial charge in [0.05, 0.1) is 5.69 Å². The standard InChI is InChI=1S/C9H10F2N2OS2/c1-5-7(8(12)14)16-9(13-5)15-4-2-3-6(10)11/h3H,2,4H2,1H3,(H2,12,14). The molecule has 1 aromatic heterocycles. The van der Waals surface area contributed by atoms with Gasteiger partial charge in [0, 0.05) is 5.75 Å². The number of rotatable bonds is 5. The molecule has 0 saturated carbocycles. The van der Waals surface area contributed by atoms with E-state index in [1.54, 1.807) is 6.92 Å². The fourth-order valence-corrected chi connectivity index (χ4v) is 2.97. The molecular weight excluding hydrogens is 254 g/mol. The normalized spacial score (nSPS) is 10.2. The molecule has 0 atom stereocenters. The Bertz CT molecular complexity index is 414. The molecule has 0 fully saturated rings. The summed E-state index contributed by atoms with van der Waals surface area (Å²) in [5, 5.41) is 0. The number of primary amides is 1. The van der Waals surface area contributed by atoms with Gasteiger partial charge in [-0.1, -0.05) is 11.8 Å². The van der Waals surface area contributed by atoms with Crippen LogP contribution in [0.15, 0.2) is 16.5 Å². The van der Waals surface area contributed by atoms with Gasteiger partial charge in [0.25, 0.3) is 12.0 Å². The van der Waals surface area contributed by atoms with Crippen molar-refractivity contribution in [2.45, 2.75) is 17.7 Å². The zero-order valence-corrected chi connectivity index (χ0v) is 10.1. The SMILES string of the molecule is Cc1nc(SCCC=C(F)F)sc1C(N)=O. The average molecular weight is 264 g/mol. The van der Waals surface area contributed by atoms with Crippen molar-refractivity contribution in [2.75, 3.05) is 5.75 Å². The smallest absolute Gasteiger partial charge is 0.266 e. The minimum Gasteiger partial charge on any atom is -0.365 e. The first-order valence-electron chi connectivity index (χ1n) is 4.42. The van der Waals surface area contributed by atoms with Crippen LogP contribution in [-0.4, -0.2) is 16.6 Å². The van der Waals surface area contributed by atoms with E-state index >= 15 is 0 Å².